The number of halogens is 1. The molecule has 0 unspecified atom stereocenters. The molecule has 0 aliphatic rings. The molecule has 0 saturated carbocycles. The standard InChI is InChI=1S/C15H13ClS/c1-12-7-5-6-10-14(12)17-15(11-16)13-8-3-2-4-9-13/h2-11H,1H3/b15-11+. The molecule has 0 bridgehead atoms. The molecule has 2 aromatic rings. The number of rotatable bonds is 3. The van der Waals surface area contributed by atoms with Gasteiger partial charge in [-0.25, -0.2) is 0 Å². The van der Waals surface area contributed by atoms with E-state index in [9.17, 15) is 0 Å². The van der Waals surface area contributed by atoms with Gasteiger partial charge < -0.3 is 0 Å². The summed E-state index contributed by atoms with van der Waals surface area (Å²) in [6.45, 7) is 2.11. The van der Waals surface area contributed by atoms with Gasteiger partial charge in [0.2, 0.25) is 0 Å². The normalized spacial score (nSPS) is 11.5. The van der Waals surface area contributed by atoms with Gasteiger partial charge in [0.25, 0.3) is 0 Å². The van der Waals surface area contributed by atoms with Crippen molar-refractivity contribution in [2.45, 2.75) is 11.8 Å². The zero-order chi connectivity index (χ0) is 12.1. The van der Waals surface area contributed by atoms with Crippen molar-refractivity contribution in [2.75, 3.05) is 0 Å². The highest BCUT2D eigenvalue weighted by Gasteiger charge is 2.05. The Labute approximate surface area is 111 Å². The lowest BCUT2D eigenvalue weighted by molar-refractivity contribution is 1.31. The molecule has 17 heavy (non-hydrogen) atoms. The van der Waals surface area contributed by atoms with E-state index < -0.39 is 0 Å². The van der Waals surface area contributed by atoms with Crippen molar-refractivity contribution in [3.63, 3.8) is 0 Å². The Hall–Kier alpha value is -1.18. The average Bonchev–Trinajstić information content (AvgIpc) is 2.39. The Morgan fingerprint density at radius 3 is 2.29 bits per heavy atom. The van der Waals surface area contributed by atoms with Crippen molar-refractivity contribution in [3.8, 4) is 0 Å². The Morgan fingerprint density at radius 2 is 1.65 bits per heavy atom. The quantitative estimate of drug-likeness (QED) is 0.673. The predicted molar refractivity (Wildman–Crippen MR) is 77.3 cm³/mol. The number of hydrogen-bond acceptors (Lipinski definition) is 1. The van der Waals surface area contributed by atoms with E-state index in [0.29, 0.717) is 0 Å². The third-order valence-electron chi connectivity index (χ3n) is 2.47. The van der Waals surface area contributed by atoms with Gasteiger partial charge in [0, 0.05) is 15.3 Å². The van der Waals surface area contributed by atoms with Crippen LogP contribution in [0, 0.1) is 6.92 Å². The molecule has 0 saturated heterocycles. The molecule has 0 spiro atoms. The van der Waals surface area contributed by atoms with Crippen LogP contribution in [0.25, 0.3) is 4.91 Å². The summed E-state index contributed by atoms with van der Waals surface area (Å²) < 4.78 is 0. The summed E-state index contributed by atoms with van der Waals surface area (Å²) in [7, 11) is 0. The van der Waals surface area contributed by atoms with Crippen molar-refractivity contribution >= 4 is 28.3 Å². The molecule has 86 valence electrons. The summed E-state index contributed by atoms with van der Waals surface area (Å²) in [5.41, 5.74) is 4.06. The van der Waals surface area contributed by atoms with E-state index >= 15 is 0 Å². The number of thioether (sulfide) groups is 1. The second kappa shape index (κ2) is 5.95. The molecule has 0 nitrogen and oxygen atoms in total. The fraction of sp³-hybridized carbons (Fsp3) is 0.0667. The summed E-state index contributed by atoms with van der Waals surface area (Å²) in [6.07, 6.45) is 0. The molecule has 0 amide bonds. The summed E-state index contributed by atoms with van der Waals surface area (Å²) in [5.74, 6) is 0. The van der Waals surface area contributed by atoms with Crippen LogP contribution in [0.1, 0.15) is 11.1 Å². The highest BCUT2D eigenvalue weighted by molar-refractivity contribution is 8.08. The summed E-state index contributed by atoms with van der Waals surface area (Å²) in [4.78, 5) is 2.31. The Kier molecular flexibility index (Phi) is 4.29. The van der Waals surface area contributed by atoms with Crippen LogP contribution in [0.5, 0.6) is 0 Å². The molecular formula is C15H13ClS. The van der Waals surface area contributed by atoms with Crippen LogP contribution in [-0.4, -0.2) is 0 Å². The molecule has 2 heteroatoms. The van der Waals surface area contributed by atoms with Crippen molar-refractivity contribution in [3.05, 3.63) is 71.3 Å². The van der Waals surface area contributed by atoms with Gasteiger partial charge in [0.05, 0.1) is 0 Å². The van der Waals surface area contributed by atoms with Gasteiger partial charge in [0.1, 0.15) is 0 Å². The van der Waals surface area contributed by atoms with E-state index in [1.165, 1.54) is 10.5 Å². The number of aryl methyl sites for hydroxylation is 1. The van der Waals surface area contributed by atoms with Crippen LogP contribution >= 0.6 is 23.4 Å². The van der Waals surface area contributed by atoms with E-state index in [0.717, 1.165) is 10.5 Å². The molecule has 0 atom stereocenters. The topological polar surface area (TPSA) is 0 Å². The van der Waals surface area contributed by atoms with Crippen LogP contribution in [-0.2, 0) is 0 Å². The molecule has 0 aliphatic heterocycles. The molecule has 0 fully saturated rings. The van der Waals surface area contributed by atoms with Gasteiger partial charge in [-0.3, -0.25) is 0 Å². The average molecular weight is 261 g/mol. The minimum Gasteiger partial charge on any atom is -0.0917 e. The minimum absolute atomic E-state index is 1.07. The van der Waals surface area contributed by atoms with E-state index in [1.54, 1.807) is 17.3 Å². The lowest BCUT2D eigenvalue weighted by Crippen LogP contribution is -1.81. The first-order chi connectivity index (χ1) is 8.31. The van der Waals surface area contributed by atoms with E-state index in [1.807, 2.05) is 30.3 Å². The lowest BCUT2D eigenvalue weighted by Gasteiger charge is -2.08. The second-order valence-corrected chi connectivity index (χ2v) is 5.01. The summed E-state index contributed by atoms with van der Waals surface area (Å²) in [5, 5.41) is 0. The zero-order valence-corrected chi connectivity index (χ0v) is 11.1. The summed E-state index contributed by atoms with van der Waals surface area (Å²) >= 11 is 7.62. The van der Waals surface area contributed by atoms with Gasteiger partial charge in [0.15, 0.2) is 0 Å². The van der Waals surface area contributed by atoms with E-state index in [4.69, 9.17) is 11.6 Å². The molecule has 0 radical (unpaired) electrons. The predicted octanol–water partition coefficient (Wildman–Crippen LogP) is 5.32. The molecular weight excluding hydrogens is 248 g/mol. The van der Waals surface area contributed by atoms with Crippen LogP contribution < -0.4 is 0 Å². The van der Waals surface area contributed by atoms with Gasteiger partial charge in [-0.05, 0) is 24.1 Å². The van der Waals surface area contributed by atoms with Crippen molar-refractivity contribution < 1.29 is 0 Å². The third-order valence-corrected chi connectivity index (χ3v) is 4.07. The molecule has 0 N–H and O–H groups in total. The first-order valence-electron chi connectivity index (χ1n) is 5.40. The largest absolute Gasteiger partial charge is 0.0917 e. The van der Waals surface area contributed by atoms with Crippen LogP contribution in [0.2, 0.25) is 0 Å². The van der Waals surface area contributed by atoms with Gasteiger partial charge in [-0.15, -0.1) is 0 Å². The Balaban J connectivity index is 2.26. The number of hydrogen-bond donors (Lipinski definition) is 0. The molecule has 0 heterocycles. The number of benzene rings is 2. The second-order valence-electron chi connectivity index (χ2n) is 3.71. The van der Waals surface area contributed by atoms with E-state index in [-0.39, 0.29) is 0 Å². The first kappa shape index (κ1) is 12.3. The van der Waals surface area contributed by atoms with Crippen molar-refractivity contribution in [1.29, 1.82) is 0 Å². The van der Waals surface area contributed by atoms with Gasteiger partial charge in [-0.1, -0.05) is 71.9 Å². The first-order valence-corrected chi connectivity index (χ1v) is 6.66. The SMILES string of the molecule is Cc1ccccc1S/C(=C/Cl)c1ccccc1. The van der Waals surface area contributed by atoms with Gasteiger partial charge >= 0.3 is 0 Å². The summed E-state index contributed by atoms with van der Waals surface area (Å²) in [6, 6.07) is 18.5. The highest BCUT2D eigenvalue weighted by Crippen LogP contribution is 2.36. The third kappa shape index (κ3) is 3.15. The monoisotopic (exact) mass is 260 g/mol. The Morgan fingerprint density at radius 1 is 1.00 bits per heavy atom. The maximum Gasteiger partial charge on any atom is 0.0307 e. The molecule has 2 rings (SSSR count). The smallest absolute Gasteiger partial charge is 0.0307 e. The molecule has 0 aromatic heterocycles. The van der Waals surface area contributed by atoms with E-state index in [2.05, 4.69) is 31.2 Å². The fourth-order valence-electron chi connectivity index (χ4n) is 1.54. The zero-order valence-electron chi connectivity index (χ0n) is 9.56. The Bertz CT molecular complexity index is 517. The minimum atomic E-state index is 1.07. The van der Waals surface area contributed by atoms with Crippen LogP contribution in [0.15, 0.2) is 65.0 Å². The lowest BCUT2D eigenvalue weighted by atomic mass is 10.2. The van der Waals surface area contributed by atoms with Crippen LogP contribution in [0.4, 0.5) is 0 Å². The fourth-order valence-corrected chi connectivity index (χ4v) is 2.71. The maximum absolute atomic E-state index is 5.92. The molecule has 2 aromatic carbocycles. The van der Waals surface area contributed by atoms with Crippen LogP contribution in [0.3, 0.4) is 0 Å². The molecule has 0 aliphatic carbocycles. The van der Waals surface area contributed by atoms with Gasteiger partial charge in [-0.2, -0.15) is 0 Å². The van der Waals surface area contributed by atoms with Crippen molar-refractivity contribution in [1.82, 2.24) is 0 Å². The maximum atomic E-state index is 5.92. The highest BCUT2D eigenvalue weighted by atomic mass is 35.5. The van der Waals surface area contributed by atoms with Crippen molar-refractivity contribution in [2.24, 2.45) is 0 Å².